The second-order valence-corrected chi connectivity index (χ2v) is 12.6. The molecule has 2 aromatic carbocycles. The summed E-state index contributed by atoms with van der Waals surface area (Å²) in [5.74, 6) is 0.466. The van der Waals surface area contributed by atoms with Gasteiger partial charge in [0.25, 0.3) is 0 Å². The number of aliphatic carboxylic acids is 1. The number of amides is 1. The highest BCUT2D eigenvalue weighted by atomic mass is 16.4. The van der Waals surface area contributed by atoms with E-state index in [9.17, 15) is 14.7 Å². The zero-order valence-corrected chi connectivity index (χ0v) is 25.0. The van der Waals surface area contributed by atoms with Crippen molar-refractivity contribution < 1.29 is 14.7 Å². The summed E-state index contributed by atoms with van der Waals surface area (Å²) in [6.45, 7) is 7.27. The summed E-state index contributed by atoms with van der Waals surface area (Å²) in [5.41, 5.74) is 2.87. The smallest absolute Gasteiger partial charge is 0.321 e. The van der Waals surface area contributed by atoms with Crippen molar-refractivity contribution in [2.75, 3.05) is 39.3 Å². The number of carbonyl (C=O) groups is 2. The van der Waals surface area contributed by atoms with Crippen molar-refractivity contribution in [2.24, 2.45) is 11.8 Å². The molecule has 1 N–H and O–H groups in total. The first-order valence-corrected chi connectivity index (χ1v) is 16.0. The molecule has 224 valence electrons. The van der Waals surface area contributed by atoms with Gasteiger partial charge in [-0.2, -0.15) is 5.26 Å². The summed E-state index contributed by atoms with van der Waals surface area (Å²) < 4.78 is 0. The van der Waals surface area contributed by atoms with Crippen LogP contribution in [0.1, 0.15) is 74.5 Å². The van der Waals surface area contributed by atoms with Crippen LogP contribution in [-0.2, 0) is 16.0 Å². The highest BCUT2D eigenvalue weighted by Crippen LogP contribution is 2.38. The molecule has 1 saturated carbocycles. The molecule has 2 aromatic rings. The molecular weight excluding hydrogens is 524 g/mol. The molecule has 0 spiro atoms. The van der Waals surface area contributed by atoms with Crippen LogP contribution in [0, 0.1) is 23.2 Å². The Labute approximate surface area is 251 Å². The minimum Gasteiger partial charge on any atom is -0.480 e. The number of carboxylic acids is 1. The van der Waals surface area contributed by atoms with E-state index in [1.54, 1.807) is 12.1 Å². The fraction of sp³-hybridized carbons (Fsp3) is 0.571. The van der Waals surface area contributed by atoms with Gasteiger partial charge in [-0.3, -0.25) is 14.5 Å². The highest BCUT2D eigenvalue weighted by molar-refractivity contribution is 5.79. The minimum absolute atomic E-state index is 0.152. The van der Waals surface area contributed by atoms with Gasteiger partial charge in [0.15, 0.2) is 0 Å². The van der Waals surface area contributed by atoms with Crippen LogP contribution in [-0.4, -0.2) is 83.0 Å². The van der Waals surface area contributed by atoms with E-state index in [0.29, 0.717) is 30.4 Å². The van der Waals surface area contributed by atoms with Gasteiger partial charge in [0.1, 0.15) is 6.04 Å². The largest absolute Gasteiger partial charge is 0.480 e. The highest BCUT2D eigenvalue weighted by Gasteiger charge is 2.43. The monoisotopic (exact) mass is 570 g/mol. The second-order valence-electron chi connectivity index (χ2n) is 12.6. The molecule has 5 rings (SSSR count). The first-order chi connectivity index (χ1) is 20.5. The van der Waals surface area contributed by atoms with Crippen molar-refractivity contribution in [2.45, 2.75) is 76.3 Å². The summed E-state index contributed by atoms with van der Waals surface area (Å²) in [4.78, 5) is 32.7. The number of piperidine rings is 1. The molecule has 7 heteroatoms. The standard InChI is InChI=1S/C35H46N4O3/c1-2-39(33(40)21-26-13-15-27(22-36)16-14-26)31-17-19-37(20-18-31)23-30-24-38(25-32(30)28-9-5-3-6-10-28)34(35(41)42)29-11-7-4-8-12-29/h3,5-6,9-10,13-16,29-32,34H,2,4,7-8,11-12,17-21,23-25H2,1H3,(H,41,42). The molecule has 2 heterocycles. The zero-order chi connectivity index (χ0) is 29.5. The van der Waals surface area contributed by atoms with Gasteiger partial charge in [-0.25, -0.2) is 0 Å². The third-order valence-corrected chi connectivity index (χ3v) is 10.0. The number of hydrogen-bond acceptors (Lipinski definition) is 5. The van der Waals surface area contributed by atoms with Gasteiger partial charge in [-0.05, 0) is 67.7 Å². The number of benzene rings is 2. The average molecular weight is 571 g/mol. The van der Waals surface area contributed by atoms with Crippen LogP contribution in [0.5, 0.6) is 0 Å². The van der Waals surface area contributed by atoms with Gasteiger partial charge in [-0.15, -0.1) is 0 Å². The predicted molar refractivity (Wildman–Crippen MR) is 164 cm³/mol. The molecule has 0 bridgehead atoms. The molecule has 2 aliphatic heterocycles. The molecule has 2 saturated heterocycles. The van der Waals surface area contributed by atoms with Crippen molar-refractivity contribution in [1.82, 2.24) is 14.7 Å². The van der Waals surface area contributed by atoms with Crippen LogP contribution in [0.15, 0.2) is 54.6 Å². The zero-order valence-electron chi connectivity index (χ0n) is 25.0. The molecule has 42 heavy (non-hydrogen) atoms. The maximum atomic E-state index is 13.2. The number of carboxylic acid groups (broad SMARTS) is 1. The molecule has 3 fully saturated rings. The molecule has 7 nitrogen and oxygen atoms in total. The van der Waals surface area contributed by atoms with Gasteiger partial charge in [0, 0.05) is 51.2 Å². The fourth-order valence-corrected chi connectivity index (χ4v) is 7.86. The number of likely N-dealkylation sites (tertiary alicyclic amines) is 2. The average Bonchev–Trinajstić information content (AvgIpc) is 3.42. The summed E-state index contributed by atoms with van der Waals surface area (Å²) in [7, 11) is 0. The Hall–Kier alpha value is -3.21. The van der Waals surface area contributed by atoms with E-state index < -0.39 is 5.97 Å². The Balaban J connectivity index is 1.21. The first-order valence-electron chi connectivity index (χ1n) is 16.0. The summed E-state index contributed by atoms with van der Waals surface area (Å²) in [6.07, 6.45) is 7.85. The van der Waals surface area contributed by atoms with Crippen molar-refractivity contribution >= 4 is 11.9 Å². The molecule has 3 aliphatic rings. The predicted octanol–water partition coefficient (Wildman–Crippen LogP) is 5.16. The number of rotatable bonds is 10. The van der Waals surface area contributed by atoms with E-state index >= 15 is 0 Å². The Bertz CT molecular complexity index is 1210. The van der Waals surface area contributed by atoms with E-state index in [-0.39, 0.29) is 23.9 Å². The third-order valence-electron chi connectivity index (χ3n) is 10.0. The topological polar surface area (TPSA) is 87.9 Å². The van der Waals surface area contributed by atoms with Gasteiger partial charge < -0.3 is 14.9 Å². The molecule has 0 radical (unpaired) electrons. The fourth-order valence-electron chi connectivity index (χ4n) is 7.86. The van der Waals surface area contributed by atoms with Crippen molar-refractivity contribution in [1.29, 1.82) is 5.26 Å². The Morgan fingerprint density at radius 2 is 1.67 bits per heavy atom. The maximum Gasteiger partial charge on any atom is 0.321 e. The Morgan fingerprint density at radius 1 is 0.976 bits per heavy atom. The van der Waals surface area contributed by atoms with Crippen LogP contribution in [0.25, 0.3) is 0 Å². The Kier molecular flexibility index (Phi) is 10.3. The number of hydrogen-bond donors (Lipinski definition) is 1. The summed E-state index contributed by atoms with van der Waals surface area (Å²) >= 11 is 0. The van der Waals surface area contributed by atoms with E-state index in [2.05, 4.69) is 53.1 Å². The molecule has 1 amide bonds. The van der Waals surface area contributed by atoms with E-state index in [4.69, 9.17) is 5.26 Å². The van der Waals surface area contributed by atoms with Crippen LogP contribution < -0.4 is 0 Å². The maximum absolute atomic E-state index is 13.2. The van der Waals surface area contributed by atoms with Crippen molar-refractivity contribution in [3.05, 3.63) is 71.3 Å². The second kappa shape index (κ2) is 14.3. The van der Waals surface area contributed by atoms with E-state index in [1.807, 2.05) is 17.0 Å². The number of nitrogens with zero attached hydrogens (tertiary/aromatic N) is 4. The molecule has 1 aliphatic carbocycles. The van der Waals surface area contributed by atoms with Gasteiger partial charge in [-0.1, -0.05) is 61.7 Å². The van der Waals surface area contributed by atoms with Crippen LogP contribution >= 0.6 is 0 Å². The van der Waals surface area contributed by atoms with Crippen LogP contribution in [0.2, 0.25) is 0 Å². The molecule has 3 atom stereocenters. The van der Waals surface area contributed by atoms with E-state index in [1.165, 1.54) is 12.0 Å². The number of nitriles is 1. The first kappa shape index (κ1) is 30.3. The van der Waals surface area contributed by atoms with Crippen molar-refractivity contribution in [3.8, 4) is 6.07 Å². The number of likely N-dealkylation sites (N-methyl/N-ethyl adjacent to an activating group) is 1. The normalized spacial score (nSPS) is 23.3. The summed E-state index contributed by atoms with van der Waals surface area (Å²) in [5, 5.41) is 19.4. The van der Waals surface area contributed by atoms with Gasteiger partial charge in [0.2, 0.25) is 5.91 Å². The van der Waals surface area contributed by atoms with Gasteiger partial charge >= 0.3 is 5.97 Å². The minimum atomic E-state index is -0.652. The van der Waals surface area contributed by atoms with Crippen LogP contribution in [0.4, 0.5) is 0 Å². The molecular formula is C35H46N4O3. The molecule has 0 aromatic heterocycles. The lowest BCUT2D eigenvalue weighted by Crippen LogP contribution is -2.49. The lowest BCUT2D eigenvalue weighted by molar-refractivity contribution is -0.145. The Morgan fingerprint density at radius 3 is 2.29 bits per heavy atom. The quantitative estimate of drug-likeness (QED) is 0.425. The van der Waals surface area contributed by atoms with Crippen LogP contribution in [0.3, 0.4) is 0 Å². The lowest BCUT2D eigenvalue weighted by Gasteiger charge is -2.39. The third kappa shape index (κ3) is 7.22. The SMILES string of the molecule is CCN(C(=O)Cc1ccc(C#N)cc1)C1CCN(CC2CN(C(C(=O)O)C3CCCCC3)CC2c2ccccc2)CC1. The van der Waals surface area contributed by atoms with Crippen molar-refractivity contribution in [3.63, 3.8) is 0 Å². The van der Waals surface area contributed by atoms with Gasteiger partial charge in [0.05, 0.1) is 18.1 Å². The lowest BCUT2D eigenvalue weighted by atomic mass is 9.83. The summed E-state index contributed by atoms with van der Waals surface area (Å²) in [6, 6.07) is 20.0. The van der Waals surface area contributed by atoms with E-state index in [0.717, 1.165) is 76.8 Å². The number of carbonyl (C=O) groups excluding carboxylic acids is 1. The molecule has 3 unspecified atom stereocenters.